The molecule has 210 valence electrons. The van der Waals surface area contributed by atoms with E-state index in [9.17, 15) is 4.79 Å². The highest BCUT2D eigenvalue weighted by Gasteiger charge is 2.08. The van der Waals surface area contributed by atoms with Crippen molar-refractivity contribution in [3.8, 4) is 0 Å². The highest BCUT2D eigenvalue weighted by Crippen LogP contribution is 2.39. The first-order chi connectivity index (χ1) is 17.6. The summed E-state index contributed by atoms with van der Waals surface area (Å²) in [4.78, 5) is 9.95. The minimum absolute atomic E-state index is 0.121. The summed E-state index contributed by atoms with van der Waals surface area (Å²) >= 11 is 0. The van der Waals surface area contributed by atoms with Gasteiger partial charge >= 0.3 is 6.16 Å². The van der Waals surface area contributed by atoms with Gasteiger partial charge in [-0.25, -0.2) is 4.79 Å². The van der Waals surface area contributed by atoms with Gasteiger partial charge in [0.15, 0.2) is 0 Å². The van der Waals surface area contributed by atoms with Gasteiger partial charge in [-0.2, -0.15) is 0 Å². The summed E-state index contributed by atoms with van der Waals surface area (Å²) in [5, 5.41) is 8.15. The fourth-order valence-electron chi connectivity index (χ4n) is 4.40. The van der Waals surface area contributed by atoms with E-state index in [1.807, 2.05) is 30.3 Å². The second-order valence-electron chi connectivity index (χ2n) is 10.2. The molecule has 0 aliphatic rings. The van der Waals surface area contributed by atoms with Crippen LogP contribution in [0.5, 0.6) is 0 Å². The predicted octanol–water partition coefficient (Wildman–Crippen LogP) is 11.4. The van der Waals surface area contributed by atoms with Gasteiger partial charge in [0.1, 0.15) is 6.61 Å². The molecule has 1 aromatic carbocycles. The fraction of sp³-hybridized carbons (Fsp3) is 0.781. The largest absolute Gasteiger partial charge is 0.506 e. The number of carboxylic acid groups (broad SMARTS) is 1. The lowest BCUT2D eigenvalue weighted by Gasteiger charge is -2.18. The van der Waals surface area contributed by atoms with E-state index >= 15 is 0 Å². The van der Waals surface area contributed by atoms with Crippen LogP contribution in [0.4, 0.5) is 4.79 Å². The minimum atomic E-state index is -1.24. The Labute approximate surface area is 225 Å². The van der Waals surface area contributed by atoms with Gasteiger partial charge in [-0.05, 0) is 43.3 Å². The summed E-state index contributed by atoms with van der Waals surface area (Å²) in [6.07, 6.45) is 30.0. The van der Waals surface area contributed by atoms with Crippen LogP contribution >= 0.6 is 7.92 Å². The topological polar surface area (TPSA) is 46.5 Å². The molecule has 0 aromatic heterocycles. The van der Waals surface area contributed by atoms with E-state index in [4.69, 9.17) is 5.11 Å². The van der Waals surface area contributed by atoms with Crippen LogP contribution in [0.15, 0.2) is 30.3 Å². The molecule has 0 atom stereocenters. The van der Waals surface area contributed by atoms with E-state index in [1.165, 1.54) is 116 Å². The monoisotopic (exact) mass is 522 g/mol. The van der Waals surface area contributed by atoms with Crippen LogP contribution in [-0.2, 0) is 11.3 Å². The van der Waals surface area contributed by atoms with Gasteiger partial charge in [0.2, 0.25) is 0 Å². The quantitative estimate of drug-likeness (QED) is 0.0883. The van der Waals surface area contributed by atoms with Crippen molar-refractivity contribution in [1.82, 2.24) is 0 Å². The third-order valence-corrected chi connectivity index (χ3v) is 9.53. The Kier molecular flexibility index (Phi) is 27.6. The van der Waals surface area contributed by atoms with Crippen LogP contribution in [-0.4, -0.2) is 29.7 Å². The molecule has 0 saturated heterocycles. The second-order valence-corrected chi connectivity index (χ2v) is 12.9. The van der Waals surface area contributed by atoms with E-state index in [0.29, 0.717) is 7.92 Å². The molecule has 36 heavy (non-hydrogen) atoms. The van der Waals surface area contributed by atoms with Gasteiger partial charge in [-0.15, -0.1) is 7.92 Å². The number of rotatable bonds is 23. The van der Waals surface area contributed by atoms with Crippen LogP contribution in [0.3, 0.4) is 0 Å². The summed E-state index contributed by atoms with van der Waals surface area (Å²) in [6.45, 7) is 7.08. The summed E-state index contributed by atoms with van der Waals surface area (Å²) in [5.41, 5.74) is 0.856. The predicted molar refractivity (Wildman–Crippen MR) is 161 cm³/mol. The highest BCUT2D eigenvalue weighted by molar-refractivity contribution is 7.57. The lowest BCUT2D eigenvalue weighted by molar-refractivity contribution is 0.0854. The molecule has 0 bridgehead atoms. The maximum absolute atomic E-state index is 9.95. The summed E-state index contributed by atoms with van der Waals surface area (Å²) in [6, 6.07) is 9.15. The molecule has 3 nitrogen and oxygen atoms in total. The molecule has 0 aliphatic heterocycles. The minimum Gasteiger partial charge on any atom is -0.450 e. The van der Waals surface area contributed by atoms with Crippen LogP contribution in [0.25, 0.3) is 0 Å². The molecule has 1 aromatic rings. The van der Waals surface area contributed by atoms with Gasteiger partial charge in [0.05, 0.1) is 0 Å². The van der Waals surface area contributed by atoms with E-state index in [-0.39, 0.29) is 6.61 Å². The lowest BCUT2D eigenvalue weighted by Crippen LogP contribution is -1.99. The smallest absolute Gasteiger partial charge is 0.450 e. The fourth-order valence-corrected chi connectivity index (χ4v) is 7.09. The molecule has 0 saturated carbocycles. The van der Waals surface area contributed by atoms with Crippen molar-refractivity contribution in [2.24, 2.45) is 0 Å². The maximum atomic E-state index is 9.95. The molecule has 1 rings (SSSR count). The van der Waals surface area contributed by atoms with Crippen molar-refractivity contribution < 1.29 is 14.6 Å². The van der Waals surface area contributed by atoms with E-state index in [2.05, 4.69) is 25.5 Å². The first kappa shape index (κ1) is 34.9. The molecular weight excluding hydrogens is 463 g/mol. The molecule has 1 N–H and O–H groups in total. The molecule has 0 fully saturated rings. The number of ether oxygens (including phenoxy) is 1. The third kappa shape index (κ3) is 26.0. The Morgan fingerprint density at radius 2 is 0.972 bits per heavy atom. The SMILES string of the molecule is CCCCCCCCP(CCCCCCCC)CCCCCCCC.O=C(O)OCc1ccccc1. The Bertz CT molecular complexity index is 526. The van der Waals surface area contributed by atoms with Crippen molar-refractivity contribution in [3.05, 3.63) is 35.9 Å². The van der Waals surface area contributed by atoms with Crippen molar-refractivity contribution in [2.45, 2.75) is 143 Å². The molecular formula is C32H59O3P. The first-order valence-electron chi connectivity index (χ1n) is 15.3. The van der Waals surface area contributed by atoms with Gasteiger partial charge in [-0.3, -0.25) is 0 Å². The van der Waals surface area contributed by atoms with E-state index in [0.717, 1.165) is 5.56 Å². The average Bonchev–Trinajstić information content (AvgIpc) is 2.89. The number of benzene rings is 1. The molecule has 0 aliphatic carbocycles. The molecule has 0 radical (unpaired) electrons. The van der Waals surface area contributed by atoms with Gasteiger partial charge in [0, 0.05) is 0 Å². The first-order valence-corrected chi connectivity index (χ1v) is 17.2. The van der Waals surface area contributed by atoms with Crippen molar-refractivity contribution in [2.75, 3.05) is 18.5 Å². The number of carbonyl (C=O) groups is 1. The lowest BCUT2D eigenvalue weighted by atomic mass is 10.1. The van der Waals surface area contributed by atoms with Crippen molar-refractivity contribution in [3.63, 3.8) is 0 Å². The molecule has 0 heterocycles. The standard InChI is InChI=1S/C24H51P.C8H8O3/c1-4-7-10-13-16-19-22-25(23-20-17-14-11-8-5-2)24-21-18-15-12-9-6-3;9-8(10)11-6-7-4-2-1-3-5-7/h4-24H2,1-3H3;1-5H,6H2,(H,9,10). The number of unbranched alkanes of at least 4 members (excludes halogenated alkanes) is 15. The van der Waals surface area contributed by atoms with Crippen molar-refractivity contribution in [1.29, 1.82) is 0 Å². The molecule has 0 unspecified atom stereocenters. The third-order valence-electron chi connectivity index (χ3n) is 6.69. The normalized spacial score (nSPS) is 10.8. The summed E-state index contributed by atoms with van der Waals surface area (Å²) < 4.78 is 4.34. The number of hydrogen-bond donors (Lipinski definition) is 1. The Morgan fingerprint density at radius 3 is 1.33 bits per heavy atom. The van der Waals surface area contributed by atoms with Crippen LogP contribution < -0.4 is 0 Å². The molecule has 0 amide bonds. The van der Waals surface area contributed by atoms with Crippen LogP contribution in [0.2, 0.25) is 0 Å². The zero-order valence-corrected chi connectivity index (χ0v) is 25.0. The highest BCUT2D eigenvalue weighted by atomic mass is 31.1. The Morgan fingerprint density at radius 1 is 0.611 bits per heavy atom. The van der Waals surface area contributed by atoms with Gasteiger partial charge in [-0.1, -0.05) is 147 Å². The Hall–Kier alpha value is -1.08. The average molecular weight is 523 g/mol. The van der Waals surface area contributed by atoms with Crippen LogP contribution in [0.1, 0.15) is 142 Å². The van der Waals surface area contributed by atoms with Gasteiger partial charge in [0.25, 0.3) is 0 Å². The molecule has 4 heteroatoms. The van der Waals surface area contributed by atoms with E-state index < -0.39 is 6.16 Å². The number of hydrogen-bond acceptors (Lipinski definition) is 2. The summed E-state index contributed by atoms with van der Waals surface area (Å²) in [5.74, 6) is 0. The van der Waals surface area contributed by atoms with E-state index in [1.54, 1.807) is 18.5 Å². The zero-order chi connectivity index (χ0) is 26.5. The summed E-state index contributed by atoms with van der Waals surface area (Å²) in [7, 11) is 0.366. The maximum Gasteiger partial charge on any atom is 0.506 e. The zero-order valence-electron chi connectivity index (χ0n) is 24.2. The Balaban J connectivity index is 0.000000918. The molecule has 0 spiro atoms. The van der Waals surface area contributed by atoms with Gasteiger partial charge < -0.3 is 9.84 Å². The van der Waals surface area contributed by atoms with Crippen LogP contribution in [0, 0.1) is 0 Å². The van der Waals surface area contributed by atoms with Crippen molar-refractivity contribution >= 4 is 14.1 Å². The second kappa shape index (κ2) is 28.5.